The minimum absolute atomic E-state index is 0.182. The van der Waals surface area contributed by atoms with Gasteiger partial charge >= 0.3 is 0 Å². The van der Waals surface area contributed by atoms with Crippen molar-refractivity contribution >= 4 is 11.7 Å². The predicted molar refractivity (Wildman–Crippen MR) is 77.3 cm³/mol. The van der Waals surface area contributed by atoms with Gasteiger partial charge < -0.3 is 10.6 Å². The molecule has 2 rings (SSSR count). The average Bonchev–Trinajstić information content (AvgIpc) is 3.22. The van der Waals surface area contributed by atoms with Gasteiger partial charge in [0.2, 0.25) is 5.91 Å². The number of aromatic nitrogens is 1. The Bertz CT molecular complexity index is 441. The third-order valence-corrected chi connectivity index (χ3v) is 3.43. The molecule has 0 unspecified atom stereocenters. The highest BCUT2D eigenvalue weighted by molar-refractivity contribution is 5.76. The van der Waals surface area contributed by atoms with Crippen molar-refractivity contribution in [1.82, 2.24) is 10.3 Å². The van der Waals surface area contributed by atoms with Gasteiger partial charge in [-0.3, -0.25) is 4.79 Å². The number of nitrogens with zero attached hydrogens (tertiary/aromatic N) is 1. The smallest absolute Gasteiger partial charge is 0.220 e. The van der Waals surface area contributed by atoms with Gasteiger partial charge in [0.1, 0.15) is 5.82 Å². The summed E-state index contributed by atoms with van der Waals surface area (Å²) in [5.41, 5.74) is 2.29. The molecule has 1 fully saturated rings. The summed E-state index contributed by atoms with van der Waals surface area (Å²) in [7, 11) is 1.90. The van der Waals surface area contributed by atoms with E-state index < -0.39 is 0 Å². The number of nitrogens with one attached hydrogen (secondary N) is 2. The fraction of sp³-hybridized carbons (Fsp3) is 0.600. The van der Waals surface area contributed by atoms with Crippen LogP contribution in [0, 0.1) is 0 Å². The van der Waals surface area contributed by atoms with Crippen molar-refractivity contribution in [1.29, 1.82) is 0 Å². The molecule has 1 heterocycles. The molecular formula is C15H23N3O. The largest absolute Gasteiger partial charge is 0.373 e. The number of carbonyl (C=O) groups excluding carboxylic acids is 1. The Balaban J connectivity index is 1.79. The van der Waals surface area contributed by atoms with Gasteiger partial charge in [0.15, 0.2) is 0 Å². The summed E-state index contributed by atoms with van der Waals surface area (Å²) in [5, 5.41) is 6.14. The van der Waals surface area contributed by atoms with Crippen LogP contribution in [0.15, 0.2) is 12.1 Å². The highest BCUT2D eigenvalue weighted by atomic mass is 16.1. The van der Waals surface area contributed by atoms with E-state index in [0.29, 0.717) is 12.5 Å². The highest BCUT2D eigenvalue weighted by Gasteiger charge is 2.22. The standard InChI is InChI=1S/C15H23N3O/c1-3-11-7-8-12(18-15(11)16-2)5-4-6-14(19)17-13-9-10-13/h7-8,13H,3-6,9-10H2,1-2H3,(H,16,18)(H,17,19). The van der Waals surface area contributed by atoms with Gasteiger partial charge in [0.25, 0.3) is 0 Å². The molecule has 0 bridgehead atoms. The Hall–Kier alpha value is -1.58. The summed E-state index contributed by atoms with van der Waals surface area (Å²) in [6, 6.07) is 4.65. The highest BCUT2D eigenvalue weighted by Crippen LogP contribution is 2.19. The van der Waals surface area contributed by atoms with Crippen molar-refractivity contribution in [2.24, 2.45) is 0 Å². The zero-order chi connectivity index (χ0) is 13.7. The van der Waals surface area contributed by atoms with Crippen LogP contribution >= 0.6 is 0 Å². The molecule has 1 aromatic rings. The first kappa shape index (κ1) is 13.8. The molecule has 4 heteroatoms. The van der Waals surface area contributed by atoms with E-state index in [-0.39, 0.29) is 5.91 Å². The fourth-order valence-corrected chi connectivity index (χ4v) is 2.13. The number of anilines is 1. The lowest BCUT2D eigenvalue weighted by atomic mass is 10.1. The maximum Gasteiger partial charge on any atom is 0.220 e. The van der Waals surface area contributed by atoms with E-state index >= 15 is 0 Å². The van der Waals surface area contributed by atoms with E-state index in [2.05, 4.69) is 34.7 Å². The molecule has 0 aromatic carbocycles. The topological polar surface area (TPSA) is 54.0 Å². The van der Waals surface area contributed by atoms with Crippen LogP contribution in [0.2, 0.25) is 0 Å². The third-order valence-electron chi connectivity index (χ3n) is 3.43. The molecule has 104 valence electrons. The van der Waals surface area contributed by atoms with E-state index in [1.807, 2.05) is 7.05 Å². The normalized spacial score (nSPS) is 14.2. The van der Waals surface area contributed by atoms with Crippen LogP contribution in [0.25, 0.3) is 0 Å². The molecule has 1 aliphatic carbocycles. The molecule has 1 saturated carbocycles. The van der Waals surface area contributed by atoms with Gasteiger partial charge in [-0.05, 0) is 43.7 Å². The van der Waals surface area contributed by atoms with E-state index in [4.69, 9.17) is 0 Å². The van der Waals surface area contributed by atoms with Gasteiger partial charge in [-0.25, -0.2) is 4.98 Å². The van der Waals surface area contributed by atoms with Crippen LogP contribution in [0.5, 0.6) is 0 Å². The number of pyridine rings is 1. The van der Waals surface area contributed by atoms with Crippen molar-refractivity contribution in [2.75, 3.05) is 12.4 Å². The van der Waals surface area contributed by atoms with Gasteiger partial charge in [-0.1, -0.05) is 13.0 Å². The number of rotatable bonds is 7. The minimum atomic E-state index is 0.182. The molecule has 1 aliphatic rings. The lowest BCUT2D eigenvalue weighted by molar-refractivity contribution is -0.121. The summed E-state index contributed by atoms with van der Waals surface area (Å²) in [5.74, 6) is 1.14. The van der Waals surface area contributed by atoms with Gasteiger partial charge in [-0.15, -0.1) is 0 Å². The van der Waals surface area contributed by atoms with Crippen molar-refractivity contribution < 1.29 is 4.79 Å². The number of hydrogen-bond donors (Lipinski definition) is 2. The summed E-state index contributed by atoms with van der Waals surface area (Å²) < 4.78 is 0. The fourth-order valence-electron chi connectivity index (χ4n) is 2.13. The molecule has 2 N–H and O–H groups in total. The first-order valence-electron chi connectivity index (χ1n) is 7.18. The number of carbonyl (C=O) groups is 1. The zero-order valence-electron chi connectivity index (χ0n) is 11.8. The van der Waals surface area contributed by atoms with Crippen LogP contribution in [0.1, 0.15) is 43.9 Å². The molecule has 4 nitrogen and oxygen atoms in total. The van der Waals surface area contributed by atoms with Gasteiger partial charge in [0, 0.05) is 25.2 Å². The Morgan fingerprint density at radius 1 is 1.42 bits per heavy atom. The summed E-state index contributed by atoms with van der Waals surface area (Å²) in [6.07, 6.45) is 5.60. The van der Waals surface area contributed by atoms with Crippen LogP contribution < -0.4 is 10.6 Å². The molecule has 0 spiro atoms. The summed E-state index contributed by atoms with van der Waals surface area (Å²) >= 11 is 0. The second-order valence-electron chi connectivity index (χ2n) is 5.11. The molecule has 1 aromatic heterocycles. The molecule has 0 atom stereocenters. The monoisotopic (exact) mass is 261 g/mol. The zero-order valence-corrected chi connectivity index (χ0v) is 11.8. The van der Waals surface area contributed by atoms with Crippen molar-refractivity contribution in [2.45, 2.75) is 51.5 Å². The molecular weight excluding hydrogens is 238 g/mol. The minimum Gasteiger partial charge on any atom is -0.373 e. The molecule has 1 amide bonds. The van der Waals surface area contributed by atoms with E-state index in [1.165, 1.54) is 5.56 Å². The number of hydrogen-bond acceptors (Lipinski definition) is 3. The predicted octanol–water partition coefficient (Wildman–Crippen LogP) is 2.29. The van der Waals surface area contributed by atoms with Gasteiger partial charge in [-0.2, -0.15) is 0 Å². The Labute approximate surface area is 115 Å². The second kappa shape index (κ2) is 6.55. The maximum absolute atomic E-state index is 11.6. The quantitative estimate of drug-likeness (QED) is 0.792. The van der Waals surface area contributed by atoms with Crippen LogP contribution in [-0.4, -0.2) is 24.0 Å². The Kier molecular flexibility index (Phi) is 4.77. The van der Waals surface area contributed by atoms with E-state index in [9.17, 15) is 4.79 Å². The Morgan fingerprint density at radius 3 is 2.84 bits per heavy atom. The molecule has 0 saturated heterocycles. The third kappa shape index (κ3) is 4.23. The van der Waals surface area contributed by atoms with Crippen LogP contribution in [0.3, 0.4) is 0 Å². The summed E-state index contributed by atoms with van der Waals surface area (Å²) in [4.78, 5) is 16.2. The maximum atomic E-state index is 11.6. The summed E-state index contributed by atoms with van der Waals surface area (Å²) in [6.45, 7) is 2.12. The van der Waals surface area contributed by atoms with Gasteiger partial charge in [0.05, 0.1) is 0 Å². The van der Waals surface area contributed by atoms with Crippen molar-refractivity contribution in [3.8, 4) is 0 Å². The lowest BCUT2D eigenvalue weighted by Crippen LogP contribution is -2.25. The lowest BCUT2D eigenvalue weighted by Gasteiger charge is -2.09. The SMILES string of the molecule is CCc1ccc(CCCC(=O)NC2CC2)nc1NC. The van der Waals surface area contributed by atoms with E-state index in [1.54, 1.807) is 0 Å². The van der Waals surface area contributed by atoms with Crippen LogP contribution in [-0.2, 0) is 17.6 Å². The molecule has 0 aliphatic heterocycles. The molecule has 0 radical (unpaired) electrons. The Morgan fingerprint density at radius 2 is 2.21 bits per heavy atom. The van der Waals surface area contributed by atoms with Crippen molar-refractivity contribution in [3.05, 3.63) is 23.4 Å². The second-order valence-corrected chi connectivity index (χ2v) is 5.11. The first-order chi connectivity index (χ1) is 9.22. The van der Waals surface area contributed by atoms with Crippen LogP contribution in [0.4, 0.5) is 5.82 Å². The average molecular weight is 261 g/mol. The number of amides is 1. The van der Waals surface area contributed by atoms with E-state index in [0.717, 1.165) is 43.6 Å². The first-order valence-corrected chi connectivity index (χ1v) is 7.18. The molecule has 19 heavy (non-hydrogen) atoms. The number of aryl methyl sites for hydroxylation is 2. The van der Waals surface area contributed by atoms with Crippen molar-refractivity contribution in [3.63, 3.8) is 0 Å².